The molecule has 0 bridgehead atoms. The smallest absolute Gasteiger partial charge is 0.0324 e. The molecule has 2 N–H and O–H groups in total. The molecule has 0 aromatic heterocycles. The zero-order valence-electron chi connectivity index (χ0n) is 9.26. The van der Waals surface area contributed by atoms with Crippen molar-refractivity contribution in [3.05, 3.63) is 32.7 Å². The van der Waals surface area contributed by atoms with Crippen LogP contribution >= 0.6 is 31.9 Å². The van der Waals surface area contributed by atoms with Crippen molar-refractivity contribution >= 4 is 31.9 Å². The van der Waals surface area contributed by atoms with Crippen LogP contribution in [-0.4, -0.2) is 0 Å². The lowest BCUT2D eigenvalue weighted by atomic mass is 9.81. The molecule has 0 spiro atoms. The minimum Gasteiger partial charge on any atom is -0.324 e. The van der Waals surface area contributed by atoms with Crippen LogP contribution in [0.5, 0.6) is 0 Å². The number of halogens is 2. The molecular formula is C13H17Br2N. The van der Waals surface area contributed by atoms with Gasteiger partial charge in [0, 0.05) is 15.0 Å². The van der Waals surface area contributed by atoms with E-state index in [2.05, 4.69) is 50.1 Å². The van der Waals surface area contributed by atoms with Crippen molar-refractivity contribution in [2.24, 2.45) is 11.7 Å². The summed E-state index contributed by atoms with van der Waals surface area (Å²) in [5.41, 5.74) is 7.61. The highest BCUT2D eigenvalue weighted by Crippen LogP contribution is 2.34. The second-order valence-electron chi connectivity index (χ2n) is 4.63. The van der Waals surface area contributed by atoms with Crippen molar-refractivity contribution in [1.82, 2.24) is 0 Å². The maximum absolute atomic E-state index is 6.37. The van der Waals surface area contributed by atoms with Gasteiger partial charge in [-0.3, -0.25) is 0 Å². The SMILES string of the molecule is N[C@@H](c1cc(Br)cc(Br)c1)C1CCCCC1. The van der Waals surface area contributed by atoms with Gasteiger partial charge >= 0.3 is 0 Å². The molecule has 0 saturated heterocycles. The third kappa shape index (κ3) is 3.08. The summed E-state index contributed by atoms with van der Waals surface area (Å²) in [5, 5.41) is 0. The zero-order valence-corrected chi connectivity index (χ0v) is 12.4. The van der Waals surface area contributed by atoms with Gasteiger partial charge in [-0.2, -0.15) is 0 Å². The van der Waals surface area contributed by atoms with Crippen LogP contribution in [0.25, 0.3) is 0 Å². The Hall–Kier alpha value is 0.140. The van der Waals surface area contributed by atoms with Crippen molar-refractivity contribution in [3.63, 3.8) is 0 Å². The molecule has 2 rings (SSSR count). The van der Waals surface area contributed by atoms with Crippen LogP contribution in [0, 0.1) is 5.92 Å². The molecule has 1 aliphatic carbocycles. The Balaban J connectivity index is 2.15. The molecule has 0 amide bonds. The van der Waals surface area contributed by atoms with E-state index in [9.17, 15) is 0 Å². The monoisotopic (exact) mass is 345 g/mol. The van der Waals surface area contributed by atoms with E-state index in [0.29, 0.717) is 5.92 Å². The Bertz CT molecular complexity index is 339. The predicted molar refractivity (Wildman–Crippen MR) is 75.3 cm³/mol. The number of benzene rings is 1. The van der Waals surface area contributed by atoms with E-state index in [1.807, 2.05) is 0 Å². The lowest BCUT2D eigenvalue weighted by molar-refractivity contribution is 0.308. The van der Waals surface area contributed by atoms with E-state index in [4.69, 9.17) is 5.73 Å². The molecule has 1 nitrogen and oxygen atoms in total. The average molecular weight is 347 g/mol. The molecular weight excluding hydrogens is 330 g/mol. The Kier molecular flexibility index (Phi) is 4.45. The highest BCUT2D eigenvalue weighted by atomic mass is 79.9. The first-order chi connectivity index (χ1) is 7.66. The van der Waals surface area contributed by atoms with Crippen molar-refractivity contribution in [1.29, 1.82) is 0 Å². The van der Waals surface area contributed by atoms with Crippen molar-refractivity contribution < 1.29 is 0 Å². The summed E-state index contributed by atoms with van der Waals surface area (Å²) >= 11 is 7.04. The number of nitrogens with two attached hydrogens (primary N) is 1. The predicted octanol–water partition coefficient (Wildman–Crippen LogP) is 4.79. The van der Waals surface area contributed by atoms with Crippen LogP contribution < -0.4 is 5.73 Å². The summed E-state index contributed by atoms with van der Waals surface area (Å²) in [6.07, 6.45) is 6.63. The second-order valence-corrected chi connectivity index (χ2v) is 6.46. The van der Waals surface area contributed by atoms with Crippen molar-refractivity contribution in [2.75, 3.05) is 0 Å². The highest BCUT2D eigenvalue weighted by Gasteiger charge is 2.22. The molecule has 1 atom stereocenters. The summed E-state index contributed by atoms with van der Waals surface area (Å²) in [6.45, 7) is 0. The van der Waals surface area contributed by atoms with E-state index in [0.717, 1.165) is 8.95 Å². The molecule has 0 radical (unpaired) electrons. The minimum absolute atomic E-state index is 0.189. The summed E-state index contributed by atoms with van der Waals surface area (Å²) in [6, 6.07) is 6.53. The second kappa shape index (κ2) is 5.65. The summed E-state index contributed by atoms with van der Waals surface area (Å²) in [5.74, 6) is 0.662. The van der Waals surface area contributed by atoms with E-state index in [1.54, 1.807) is 0 Å². The fraction of sp³-hybridized carbons (Fsp3) is 0.538. The van der Waals surface area contributed by atoms with Crippen molar-refractivity contribution in [2.45, 2.75) is 38.1 Å². The van der Waals surface area contributed by atoms with E-state index in [1.165, 1.54) is 37.7 Å². The van der Waals surface area contributed by atoms with E-state index < -0.39 is 0 Å². The number of hydrogen-bond acceptors (Lipinski definition) is 1. The first kappa shape index (κ1) is 12.6. The summed E-state index contributed by atoms with van der Waals surface area (Å²) < 4.78 is 2.20. The normalized spacial score (nSPS) is 19.7. The molecule has 1 aromatic rings. The Labute approximate surface area is 114 Å². The van der Waals surface area contributed by atoms with Crippen LogP contribution in [0.3, 0.4) is 0 Å². The lowest BCUT2D eigenvalue weighted by Crippen LogP contribution is -2.23. The Morgan fingerprint density at radius 1 is 1.00 bits per heavy atom. The summed E-state index contributed by atoms with van der Waals surface area (Å²) in [4.78, 5) is 0. The van der Waals surface area contributed by atoms with Crippen LogP contribution in [0.1, 0.15) is 43.7 Å². The first-order valence-corrected chi connectivity index (χ1v) is 7.47. The fourth-order valence-corrected chi connectivity index (χ4v) is 3.86. The molecule has 3 heteroatoms. The van der Waals surface area contributed by atoms with Crippen LogP contribution in [0.2, 0.25) is 0 Å². The Morgan fingerprint density at radius 2 is 1.56 bits per heavy atom. The van der Waals surface area contributed by atoms with Gasteiger partial charge < -0.3 is 5.73 Å². The molecule has 0 aliphatic heterocycles. The van der Waals surface area contributed by atoms with Gasteiger partial charge in [-0.05, 0) is 42.5 Å². The molecule has 16 heavy (non-hydrogen) atoms. The van der Waals surface area contributed by atoms with Gasteiger partial charge in [-0.1, -0.05) is 51.1 Å². The number of hydrogen-bond donors (Lipinski definition) is 1. The third-order valence-electron chi connectivity index (χ3n) is 3.43. The minimum atomic E-state index is 0.189. The molecule has 1 saturated carbocycles. The molecule has 88 valence electrons. The lowest BCUT2D eigenvalue weighted by Gasteiger charge is -2.28. The topological polar surface area (TPSA) is 26.0 Å². The number of rotatable bonds is 2. The highest BCUT2D eigenvalue weighted by molar-refractivity contribution is 9.11. The molecule has 1 fully saturated rings. The molecule has 0 heterocycles. The zero-order chi connectivity index (χ0) is 11.5. The molecule has 0 unspecified atom stereocenters. The van der Waals surface area contributed by atoms with Gasteiger partial charge in [0.25, 0.3) is 0 Å². The average Bonchev–Trinajstić information content (AvgIpc) is 2.28. The van der Waals surface area contributed by atoms with E-state index >= 15 is 0 Å². The van der Waals surface area contributed by atoms with Crippen LogP contribution in [-0.2, 0) is 0 Å². The molecule has 1 aromatic carbocycles. The van der Waals surface area contributed by atoms with Gasteiger partial charge in [0.1, 0.15) is 0 Å². The summed E-state index contributed by atoms with van der Waals surface area (Å²) in [7, 11) is 0. The van der Waals surface area contributed by atoms with Gasteiger partial charge in [0.15, 0.2) is 0 Å². The molecule has 1 aliphatic rings. The van der Waals surface area contributed by atoms with Crippen molar-refractivity contribution in [3.8, 4) is 0 Å². The quantitative estimate of drug-likeness (QED) is 0.818. The Morgan fingerprint density at radius 3 is 2.12 bits per heavy atom. The maximum atomic E-state index is 6.37. The van der Waals surface area contributed by atoms with Crippen LogP contribution in [0.15, 0.2) is 27.1 Å². The third-order valence-corrected chi connectivity index (χ3v) is 4.34. The van der Waals surface area contributed by atoms with Gasteiger partial charge in [-0.25, -0.2) is 0 Å². The van der Waals surface area contributed by atoms with Gasteiger partial charge in [-0.15, -0.1) is 0 Å². The standard InChI is InChI=1S/C13H17Br2N/c14-11-6-10(7-12(15)8-11)13(16)9-4-2-1-3-5-9/h6-9,13H,1-5,16H2/t13-/m1/s1. The van der Waals surface area contributed by atoms with Gasteiger partial charge in [0.05, 0.1) is 0 Å². The largest absolute Gasteiger partial charge is 0.324 e. The first-order valence-electron chi connectivity index (χ1n) is 5.88. The maximum Gasteiger partial charge on any atom is 0.0324 e. The van der Waals surface area contributed by atoms with Gasteiger partial charge in [0.2, 0.25) is 0 Å². The fourth-order valence-electron chi connectivity index (χ4n) is 2.53. The van der Waals surface area contributed by atoms with E-state index in [-0.39, 0.29) is 6.04 Å². The van der Waals surface area contributed by atoms with Crippen LogP contribution in [0.4, 0.5) is 0 Å².